The van der Waals surface area contributed by atoms with Gasteiger partial charge in [0.25, 0.3) is 0 Å². The van der Waals surface area contributed by atoms with Crippen LogP contribution >= 0.6 is 0 Å². The van der Waals surface area contributed by atoms with Gasteiger partial charge < -0.3 is 25.3 Å². The molecule has 1 heterocycles. The van der Waals surface area contributed by atoms with Crippen molar-refractivity contribution >= 4 is 17.3 Å². The molecule has 1 amide bonds. The molecule has 1 saturated heterocycles. The fourth-order valence-corrected chi connectivity index (χ4v) is 2.51. The Morgan fingerprint density at radius 3 is 2.30 bits per heavy atom. The van der Waals surface area contributed by atoms with E-state index in [1.165, 1.54) is 6.92 Å². The van der Waals surface area contributed by atoms with Crippen molar-refractivity contribution in [2.45, 2.75) is 13.0 Å². The molecule has 23 heavy (non-hydrogen) atoms. The summed E-state index contributed by atoms with van der Waals surface area (Å²) in [6, 6.07) is 2.31. The van der Waals surface area contributed by atoms with E-state index in [0.29, 0.717) is 26.2 Å². The summed E-state index contributed by atoms with van der Waals surface area (Å²) < 4.78 is 28.5. The SMILES string of the molecule is CC(=O)N1CCN(c2c(F)cc(NCC(O)CO)cc2F)CC1. The Labute approximate surface area is 133 Å². The van der Waals surface area contributed by atoms with E-state index in [4.69, 9.17) is 5.11 Å². The first-order valence-electron chi connectivity index (χ1n) is 7.44. The molecule has 1 aliphatic rings. The van der Waals surface area contributed by atoms with Crippen molar-refractivity contribution in [2.75, 3.05) is 49.5 Å². The number of aliphatic hydroxyl groups excluding tert-OH is 2. The minimum atomic E-state index is -1.000. The van der Waals surface area contributed by atoms with Crippen LogP contribution in [0, 0.1) is 11.6 Å². The van der Waals surface area contributed by atoms with Crippen LogP contribution in [0.3, 0.4) is 0 Å². The van der Waals surface area contributed by atoms with Crippen LogP contribution in [-0.2, 0) is 4.79 Å². The molecule has 1 aromatic rings. The van der Waals surface area contributed by atoms with Crippen LogP contribution in [0.5, 0.6) is 0 Å². The number of hydrogen-bond donors (Lipinski definition) is 3. The second-order valence-electron chi connectivity index (χ2n) is 5.50. The van der Waals surface area contributed by atoms with E-state index in [1.54, 1.807) is 9.80 Å². The Morgan fingerprint density at radius 1 is 1.26 bits per heavy atom. The third-order valence-electron chi connectivity index (χ3n) is 3.81. The Kier molecular flexibility index (Phi) is 5.73. The van der Waals surface area contributed by atoms with E-state index in [9.17, 15) is 18.7 Å². The van der Waals surface area contributed by atoms with Crippen LogP contribution in [0.4, 0.5) is 20.2 Å². The predicted octanol–water partition coefficient (Wildman–Crippen LogP) is 0.398. The zero-order valence-corrected chi connectivity index (χ0v) is 12.9. The first-order chi connectivity index (χ1) is 10.9. The number of halogens is 2. The normalized spacial score (nSPS) is 16.4. The quantitative estimate of drug-likeness (QED) is 0.729. The fourth-order valence-electron chi connectivity index (χ4n) is 2.51. The van der Waals surface area contributed by atoms with Crippen LogP contribution in [-0.4, -0.2) is 66.5 Å². The Bertz CT molecular complexity index is 540. The zero-order chi connectivity index (χ0) is 17.0. The van der Waals surface area contributed by atoms with Gasteiger partial charge in [-0.25, -0.2) is 8.78 Å². The number of carbonyl (C=O) groups is 1. The average molecular weight is 329 g/mol. The first kappa shape index (κ1) is 17.4. The molecule has 1 fully saturated rings. The molecule has 1 atom stereocenters. The molecule has 1 unspecified atom stereocenters. The van der Waals surface area contributed by atoms with Gasteiger partial charge in [-0.1, -0.05) is 0 Å². The molecule has 0 bridgehead atoms. The molecular formula is C15H21F2N3O3. The van der Waals surface area contributed by atoms with E-state index < -0.39 is 24.3 Å². The Balaban J connectivity index is 2.07. The third kappa shape index (κ3) is 4.29. The van der Waals surface area contributed by atoms with E-state index >= 15 is 0 Å². The summed E-state index contributed by atoms with van der Waals surface area (Å²) in [7, 11) is 0. The lowest BCUT2D eigenvalue weighted by molar-refractivity contribution is -0.129. The van der Waals surface area contributed by atoms with Gasteiger partial charge in [-0.15, -0.1) is 0 Å². The summed E-state index contributed by atoms with van der Waals surface area (Å²) in [6.45, 7) is 2.61. The maximum atomic E-state index is 14.2. The van der Waals surface area contributed by atoms with Gasteiger partial charge >= 0.3 is 0 Å². The van der Waals surface area contributed by atoms with Gasteiger partial charge in [-0.05, 0) is 12.1 Å². The van der Waals surface area contributed by atoms with Gasteiger partial charge in [0.2, 0.25) is 5.91 Å². The summed E-state index contributed by atoms with van der Waals surface area (Å²) in [6.07, 6.45) is -1.000. The van der Waals surface area contributed by atoms with Crippen molar-refractivity contribution in [2.24, 2.45) is 0 Å². The van der Waals surface area contributed by atoms with E-state index in [2.05, 4.69) is 5.32 Å². The smallest absolute Gasteiger partial charge is 0.219 e. The van der Waals surface area contributed by atoms with Crippen molar-refractivity contribution in [1.82, 2.24) is 4.90 Å². The second kappa shape index (κ2) is 7.56. The summed E-state index contributed by atoms with van der Waals surface area (Å²) in [4.78, 5) is 14.5. The van der Waals surface area contributed by atoms with E-state index in [0.717, 1.165) is 12.1 Å². The zero-order valence-electron chi connectivity index (χ0n) is 12.9. The summed E-state index contributed by atoms with van der Waals surface area (Å²) in [5.41, 5.74) is 0.0834. The van der Waals surface area contributed by atoms with Crippen LogP contribution in [0.25, 0.3) is 0 Å². The molecule has 0 spiro atoms. The molecule has 2 rings (SSSR count). The molecule has 128 valence electrons. The molecule has 0 aromatic heterocycles. The number of nitrogens with one attached hydrogen (secondary N) is 1. The van der Waals surface area contributed by atoms with Crippen molar-refractivity contribution in [1.29, 1.82) is 0 Å². The largest absolute Gasteiger partial charge is 0.394 e. The van der Waals surface area contributed by atoms with Crippen LogP contribution < -0.4 is 10.2 Å². The number of piperazine rings is 1. The minimum Gasteiger partial charge on any atom is -0.394 e. The highest BCUT2D eigenvalue weighted by Gasteiger charge is 2.24. The maximum Gasteiger partial charge on any atom is 0.219 e. The topological polar surface area (TPSA) is 76.0 Å². The van der Waals surface area contributed by atoms with Crippen LogP contribution in [0.1, 0.15) is 6.92 Å². The highest BCUT2D eigenvalue weighted by Crippen LogP contribution is 2.28. The van der Waals surface area contributed by atoms with Gasteiger partial charge in [0.1, 0.15) is 5.69 Å². The summed E-state index contributed by atoms with van der Waals surface area (Å²) in [5.74, 6) is -1.46. The summed E-state index contributed by atoms with van der Waals surface area (Å²) >= 11 is 0. The molecule has 3 N–H and O–H groups in total. The standard InChI is InChI=1S/C15H21F2N3O3/c1-10(22)19-2-4-20(5-3-19)15-13(16)6-11(7-14(15)17)18-8-12(23)9-21/h6-7,12,18,21,23H,2-5,8-9H2,1H3. The Morgan fingerprint density at radius 2 is 1.83 bits per heavy atom. The lowest BCUT2D eigenvalue weighted by atomic mass is 10.2. The highest BCUT2D eigenvalue weighted by molar-refractivity contribution is 5.73. The first-order valence-corrected chi connectivity index (χ1v) is 7.44. The van der Waals surface area contributed by atoms with E-state index in [-0.39, 0.29) is 23.8 Å². The lowest BCUT2D eigenvalue weighted by Gasteiger charge is -2.36. The lowest BCUT2D eigenvalue weighted by Crippen LogP contribution is -2.48. The van der Waals surface area contributed by atoms with Crippen LogP contribution in [0.2, 0.25) is 0 Å². The number of anilines is 2. The molecule has 0 radical (unpaired) electrons. The number of carbonyl (C=O) groups excluding carboxylic acids is 1. The molecule has 0 saturated carbocycles. The molecule has 8 heteroatoms. The van der Waals surface area contributed by atoms with Crippen molar-refractivity contribution in [3.05, 3.63) is 23.8 Å². The second-order valence-corrected chi connectivity index (χ2v) is 5.50. The van der Waals surface area contributed by atoms with Gasteiger partial charge in [0.15, 0.2) is 11.6 Å². The fraction of sp³-hybridized carbons (Fsp3) is 0.533. The van der Waals surface area contributed by atoms with E-state index in [1.807, 2.05) is 0 Å². The molecule has 1 aromatic carbocycles. The molecule has 1 aliphatic heterocycles. The Hall–Kier alpha value is -1.93. The van der Waals surface area contributed by atoms with Crippen molar-refractivity contribution < 1.29 is 23.8 Å². The number of benzene rings is 1. The highest BCUT2D eigenvalue weighted by atomic mass is 19.1. The number of rotatable bonds is 5. The van der Waals surface area contributed by atoms with Gasteiger partial charge in [-0.3, -0.25) is 4.79 Å². The van der Waals surface area contributed by atoms with Gasteiger partial charge in [-0.2, -0.15) is 0 Å². The molecular weight excluding hydrogens is 308 g/mol. The van der Waals surface area contributed by atoms with Crippen LogP contribution in [0.15, 0.2) is 12.1 Å². The third-order valence-corrected chi connectivity index (χ3v) is 3.81. The predicted molar refractivity (Wildman–Crippen MR) is 82.4 cm³/mol. The molecule has 0 aliphatic carbocycles. The number of amides is 1. The molecule has 6 nitrogen and oxygen atoms in total. The number of hydrogen-bond acceptors (Lipinski definition) is 5. The number of aliphatic hydroxyl groups is 2. The summed E-state index contributed by atoms with van der Waals surface area (Å²) in [5, 5.41) is 20.6. The monoisotopic (exact) mass is 329 g/mol. The van der Waals surface area contributed by atoms with Crippen molar-refractivity contribution in [3.63, 3.8) is 0 Å². The number of nitrogens with zero attached hydrogens (tertiary/aromatic N) is 2. The minimum absolute atomic E-state index is 0.00792. The maximum absolute atomic E-state index is 14.2. The average Bonchev–Trinajstić information content (AvgIpc) is 2.52. The van der Waals surface area contributed by atoms with Crippen molar-refractivity contribution in [3.8, 4) is 0 Å². The van der Waals surface area contributed by atoms with Gasteiger partial charge in [0, 0.05) is 45.3 Å². The van der Waals surface area contributed by atoms with Gasteiger partial charge in [0.05, 0.1) is 12.7 Å².